The van der Waals surface area contributed by atoms with Crippen molar-refractivity contribution in [2.75, 3.05) is 18.1 Å². The van der Waals surface area contributed by atoms with Crippen molar-refractivity contribution in [1.82, 2.24) is 10.2 Å². The predicted molar refractivity (Wildman–Crippen MR) is 152 cm³/mol. The molecule has 5 atom stereocenters. The van der Waals surface area contributed by atoms with Gasteiger partial charge in [-0.2, -0.15) is 0 Å². The number of thioether (sulfide) groups is 1. The molecule has 2 aliphatic carbocycles. The van der Waals surface area contributed by atoms with Gasteiger partial charge in [0.2, 0.25) is 17.7 Å². The molecule has 3 unspecified atom stereocenters. The summed E-state index contributed by atoms with van der Waals surface area (Å²) < 4.78 is 6.50. The Morgan fingerprint density at radius 3 is 2.74 bits per heavy atom. The fourth-order valence-electron chi connectivity index (χ4n) is 7.36. The van der Waals surface area contributed by atoms with E-state index < -0.39 is 29.6 Å². The van der Waals surface area contributed by atoms with Gasteiger partial charge in [0.1, 0.15) is 11.6 Å². The molecule has 7 nitrogen and oxygen atoms in total. The summed E-state index contributed by atoms with van der Waals surface area (Å²) in [6, 6.07) is 7.06. The molecule has 2 N–H and O–H groups in total. The zero-order valence-corrected chi connectivity index (χ0v) is 23.5. The van der Waals surface area contributed by atoms with E-state index in [0.717, 1.165) is 49.8 Å². The highest BCUT2D eigenvalue weighted by Gasteiger charge is 2.72. The molecule has 6 rings (SSSR count). The van der Waals surface area contributed by atoms with Crippen LogP contribution < -0.4 is 10.6 Å². The van der Waals surface area contributed by atoms with E-state index in [4.69, 9.17) is 4.74 Å². The second-order valence-electron chi connectivity index (χ2n) is 11.7. The van der Waals surface area contributed by atoms with Crippen LogP contribution in [0, 0.1) is 11.8 Å². The molecule has 0 aromatic heterocycles. The fourth-order valence-corrected chi connectivity index (χ4v) is 7.82. The number of carbonyl (C=O) groups is 3. The lowest BCUT2D eigenvalue weighted by Crippen LogP contribution is -2.56. The van der Waals surface area contributed by atoms with Gasteiger partial charge in [0.25, 0.3) is 0 Å². The maximum absolute atomic E-state index is 14.1. The van der Waals surface area contributed by atoms with Gasteiger partial charge in [-0.1, -0.05) is 49.1 Å². The molecule has 3 aliphatic heterocycles. The van der Waals surface area contributed by atoms with Crippen molar-refractivity contribution >= 4 is 35.2 Å². The first-order valence-electron chi connectivity index (χ1n) is 14.6. The van der Waals surface area contributed by atoms with Gasteiger partial charge in [-0.05, 0) is 69.4 Å². The highest BCUT2D eigenvalue weighted by molar-refractivity contribution is 7.98. The van der Waals surface area contributed by atoms with Gasteiger partial charge in [0.15, 0.2) is 0 Å². The van der Waals surface area contributed by atoms with Crippen LogP contribution in [0.15, 0.2) is 53.0 Å². The molecule has 1 aromatic rings. The summed E-state index contributed by atoms with van der Waals surface area (Å²) in [7, 11) is 0. The van der Waals surface area contributed by atoms with Crippen molar-refractivity contribution in [1.29, 1.82) is 0 Å². The summed E-state index contributed by atoms with van der Waals surface area (Å²) in [6.07, 6.45) is 18.2. The lowest BCUT2D eigenvalue weighted by atomic mass is 9.74. The maximum atomic E-state index is 14.1. The summed E-state index contributed by atoms with van der Waals surface area (Å²) in [6.45, 7) is 0.470. The van der Waals surface area contributed by atoms with Crippen LogP contribution in [0.5, 0.6) is 0 Å². The van der Waals surface area contributed by atoms with Crippen LogP contribution in [-0.4, -0.2) is 59.2 Å². The second-order valence-corrected chi connectivity index (χ2v) is 12.5. The van der Waals surface area contributed by atoms with Crippen LogP contribution in [0.2, 0.25) is 0 Å². The first kappa shape index (κ1) is 26.6. The van der Waals surface area contributed by atoms with E-state index in [-0.39, 0.29) is 23.8 Å². The highest BCUT2D eigenvalue weighted by Crippen LogP contribution is 2.55. The van der Waals surface area contributed by atoms with Gasteiger partial charge in [-0.3, -0.25) is 14.4 Å². The number of carbonyl (C=O) groups excluding carboxylic acids is 3. The molecule has 2 saturated heterocycles. The van der Waals surface area contributed by atoms with Gasteiger partial charge in [0.05, 0.1) is 17.9 Å². The van der Waals surface area contributed by atoms with E-state index in [2.05, 4.69) is 16.7 Å². The lowest BCUT2D eigenvalue weighted by Gasteiger charge is -2.34. The monoisotopic (exact) mass is 549 g/mol. The fraction of sp³-hybridized carbons (Fsp3) is 0.581. The predicted octanol–water partition coefficient (Wildman–Crippen LogP) is 4.84. The number of benzene rings is 1. The number of anilines is 1. The Balaban J connectivity index is 1.27. The van der Waals surface area contributed by atoms with Crippen LogP contribution in [0.3, 0.4) is 0 Å². The number of rotatable bonds is 8. The Hall–Kier alpha value is -2.58. The van der Waals surface area contributed by atoms with Crippen LogP contribution in [0.1, 0.15) is 64.2 Å². The molecule has 3 fully saturated rings. The molecular weight excluding hydrogens is 510 g/mol. The van der Waals surface area contributed by atoms with Crippen LogP contribution in [-0.2, 0) is 19.1 Å². The number of likely N-dealkylation sites (tertiary alicyclic amines) is 1. The molecule has 5 aliphatic rings. The quantitative estimate of drug-likeness (QED) is 0.358. The Labute approximate surface area is 235 Å². The van der Waals surface area contributed by atoms with E-state index in [9.17, 15) is 14.4 Å². The Morgan fingerprint density at radius 1 is 1.13 bits per heavy atom. The minimum absolute atomic E-state index is 0.130. The van der Waals surface area contributed by atoms with E-state index >= 15 is 0 Å². The minimum atomic E-state index is -1.11. The summed E-state index contributed by atoms with van der Waals surface area (Å²) in [5, 5.41) is 6.31. The summed E-state index contributed by atoms with van der Waals surface area (Å²) in [4.78, 5) is 44.6. The average Bonchev–Trinajstić information content (AvgIpc) is 3.60. The molecule has 1 spiro atoms. The zero-order valence-electron chi connectivity index (χ0n) is 22.7. The third-order valence-electron chi connectivity index (χ3n) is 9.27. The molecule has 39 heavy (non-hydrogen) atoms. The van der Waals surface area contributed by atoms with Crippen LogP contribution >= 0.6 is 11.8 Å². The van der Waals surface area contributed by atoms with E-state index in [1.165, 1.54) is 24.8 Å². The summed E-state index contributed by atoms with van der Waals surface area (Å²) >= 11 is 1.61. The van der Waals surface area contributed by atoms with Crippen molar-refractivity contribution in [3.63, 3.8) is 0 Å². The van der Waals surface area contributed by atoms with Crippen LogP contribution in [0.4, 0.5) is 5.69 Å². The Kier molecular flexibility index (Phi) is 7.60. The third-order valence-corrected chi connectivity index (χ3v) is 10.00. The number of amides is 3. The number of ether oxygens (including phenoxy) is 1. The van der Waals surface area contributed by atoms with Gasteiger partial charge in [-0.15, -0.1) is 11.8 Å². The Morgan fingerprint density at radius 2 is 1.97 bits per heavy atom. The van der Waals surface area contributed by atoms with Gasteiger partial charge >= 0.3 is 0 Å². The molecule has 8 heteroatoms. The highest BCUT2D eigenvalue weighted by atomic mass is 32.2. The number of fused-ring (bicyclic) bond motifs is 1. The van der Waals surface area contributed by atoms with Gasteiger partial charge < -0.3 is 20.3 Å². The molecule has 3 heterocycles. The number of hydrogen-bond donors (Lipinski definition) is 2. The van der Waals surface area contributed by atoms with Gasteiger partial charge in [-0.25, -0.2) is 0 Å². The largest absolute Gasteiger partial charge is 0.359 e. The second kappa shape index (κ2) is 11.1. The number of nitrogens with zero attached hydrogens (tertiary/aromatic N) is 1. The molecule has 208 valence electrons. The molecule has 0 radical (unpaired) electrons. The number of hydrogen-bond acceptors (Lipinski definition) is 5. The number of nitrogens with one attached hydrogen (secondary N) is 2. The third kappa shape index (κ3) is 4.95. The topological polar surface area (TPSA) is 87.7 Å². The summed E-state index contributed by atoms with van der Waals surface area (Å²) in [5.74, 6) is -1.90. The van der Waals surface area contributed by atoms with Crippen LogP contribution in [0.25, 0.3) is 0 Å². The van der Waals surface area contributed by atoms with Crippen molar-refractivity contribution in [3.8, 4) is 0 Å². The average molecular weight is 550 g/mol. The van der Waals surface area contributed by atoms with Gasteiger partial charge in [0, 0.05) is 23.2 Å². The molecule has 1 saturated carbocycles. The van der Waals surface area contributed by atoms with Crippen molar-refractivity contribution in [2.24, 2.45) is 11.8 Å². The first-order chi connectivity index (χ1) is 19.0. The smallest absolute Gasteiger partial charge is 0.246 e. The SMILES string of the molecule is CSc1cccc(NC(=O)C2[C@@H]3C=CC4(O3)C(C(=O)NC3CCCCC3)N(CCC3=CCCCC3)C(=O)[C@H]24)c1. The van der Waals surface area contributed by atoms with Crippen molar-refractivity contribution in [2.45, 2.75) is 92.9 Å². The normalized spacial score (nSPS) is 31.8. The van der Waals surface area contributed by atoms with E-state index in [1.807, 2.05) is 42.7 Å². The molecule has 1 aromatic carbocycles. The Bertz CT molecular complexity index is 1190. The minimum Gasteiger partial charge on any atom is -0.359 e. The molecule has 3 amide bonds. The summed E-state index contributed by atoms with van der Waals surface area (Å²) in [5.41, 5.74) is 0.953. The molecular formula is C31H39N3O4S. The first-order valence-corrected chi connectivity index (χ1v) is 15.8. The van der Waals surface area contributed by atoms with E-state index in [1.54, 1.807) is 16.7 Å². The standard InChI is InChI=1S/C31H39N3O4S/c1-39-23-14-8-13-22(19-23)33-28(35)25-24-15-17-31(38-24)26(25)30(37)34(18-16-20-9-4-2-5-10-20)27(31)29(36)32-21-11-6-3-7-12-21/h8-9,13-15,17,19,21,24-27H,2-7,10-12,16,18H2,1H3,(H,32,36)(H,33,35)/t24-,25?,26-,27?,31?/m0/s1. The van der Waals surface area contributed by atoms with E-state index in [0.29, 0.717) is 12.2 Å². The molecule has 2 bridgehead atoms. The maximum Gasteiger partial charge on any atom is 0.246 e. The van der Waals surface area contributed by atoms with Crippen molar-refractivity contribution < 1.29 is 19.1 Å². The van der Waals surface area contributed by atoms with Crippen molar-refractivity contribution in [3.05, 3.63) is 48.1 Å². The number of allylic oxidation sites excluding steroid dienone is 1. The lowest BCUT2D eigenvalue weighted by molar-refractivity contribution is -0.141. The zero-order chi connectivity index (χ0) is 27.0.